The summed E-state index contributed by atoms with van der Waals surface area (Å²) in [5, 5.41) is 2.77. The summed E-state index contributed by atoms with van der Waals surface area (Å²) in [6.45, 7) is 8.68. The number of amides is 2. The van der Waals surface area contributed by atoms with Crippen molar-refractivity contribution in [1.82, 2.24) is 14.5 Å². The summed E-state index contributed by atoms with van der Waals surface area (Å²) >= 11 is 0. The standard InChI is InChI=1S/C23H35N3O5S/c1-16(2)11-22(27)26-15-20-8-6-5-7-19(20)12-21(26)23(28)24-9-10-32(29,30)25-13-17(3)31-18(4)14-25/h5-8,16-18,21H,9-15H2,1-4H3,(H,24,28). The molecule has 1 N–H and O–H groups in total. The lowest BCUT2D eigenvalue weighted by molar-refractivity contribution is -0.142. The molecule has 3 unspecified atom stereocenters. The number of nitrogens with one attached hydrogen (secondary N) is 1. The largest absolute Gasteiger partial charge is 0.373 e. The van der Waals surface area contributed by atoms with Gasteiger partial charge in [-0.1, -0.05) is 38.1 Å². The highest BCUT2D eigenvalue weighted by atomic mass is 32.2. The molecule has 8 nitrogen and oxygen atoms in total. The molecule has 1 fully saturated rings. The summed E-state index contributed by atoms with van der Waals surface area (Å²) in [6.07, 6.45) is 0.474. The van der Waals surface area contributed by atoms with E-state index in [1.807, 2.05) is 52.0 Å². The van der Waals surface area contributed by atoms with Crippen LogP contribution in [0.1, 0.15) is 45.2 Å². The molecule has 178 valence electrons. The number of hydrogen-bond donors (Lipinski definition) is 1. The third kappa shape index (κ3) is 6.08. The second-order valence-electron chi connectivity index (χ2n) is 9.29. The first kappa shape index (κ1) is 24.7. The van der Waals surface area contributed by atoms with Gasteiger partial charge >= 0.3 is 0 Å². The van der Waals surface area contributed by atoms with Crippen LogP contribution >= 0.6 is 0 Å². The van der Waals surface area contributed by atoms with Crippen molar-refractivity contribution in [1.29, 1.82) is 0 Å². The number of carbonyl (C=O) groups is 2. The molecule has 0 spiro atoms. The summed E-state index contributed by atoms with van der Waals surface area (Å²) < 4.78 is 32.5. The lowest BCUT2D eigenvalue weighted by Crippen LogP contribution is -2.54. The van der Waals surface area contributed by atoms with Crippen molar-refractivity contribution in [3.05, 3.63) is 35.4 Å². The van der Waals surface area contributed by atoms with Crippen LogP contribution in [-0.2, 0) is 37.3 Å². The molecule has 2 aliphatic heterocycles. The molecule has 0 aromatic heterocycles. The Bertz CT molecular complexity index is 923. The van der Waals surface area contributed by atoms with E-state index in [-0.39, 0.29) is 42.2 Å². The van der Waals surface area contributed by atoms with Gasteiger partial charge in [0.1, 0.15) is 6.04 Å². The predicted molar refractivity (Wildman–Crippen MR) is 122 cm³/mol. The van der Waals surface area contributed by atoms with Crippen LogP contribution < -0.4 is 5.32 Å². The van der Waals surface area contributed by atoms with Gasteiger partial charge < -0.3 is 15.0 Å². The van der Waals surface area contributed by atoms with Crippen LogP contribution in [0.2, 0.25) is 0 Å². The minimum absolute atomic E-state index is 0.00560. The molecule has 0 bridgehead atoms. The number of fused-ring (bicyclic) bond motifs is 1. The van der Waals surface area contributed by atoms with Crippen LogP contribution in [0.5, 0.6) is 0 Å². The molecule has 9 heteroatoms. The Labute approximate surface area is 191 Å². The summed E-state index contributed by atoms with van der Waals surface area (Å²) in [5.41, 5.74) is 2.09. The molecule has 2 amide bonds. The molecule has 0 aliphatic carbocycles. The summed E-state index contributed by atoms with van der Waals surface area (Å²) in [4.78, 5) is 27.5. The lowest BCUT2D eigenvalue weighted by Gasteiger charge is -2.36. The van der Waals surface area contributed by atoms with Gasteiger partial charge in [0.25, 0.3) is 0 Å². The van der Waals surface area contributed by atoms with Gasteiger partial charge in [-0.3, -0.25) is 9.59 Å². The Morgan fingerprint density at radius 2 is 1.75 bits per heavy atom. The third-order valence-electron chi connectivity index (χ3n) is 5.89. The van der Waals surface area contributed by atoms with E-state index in [4.69, 9.17) is 4.74 Å². The van der Waals surface area contributed by atoms with Crippen LogP contribution in [0.25, 0.3) is 0 Å². The predicted octanol–water partition coefficient (Wildman–Crippen LogP) is 1.54. The number of morpholine rings is 1. The zero-order chi connectivity index (χ0) is 23.5. The Hall–Kier alpha value is -1.97. The Morgan fingerprint density at radius 1 is 1.12 bits per heavy atom. The fourth-order valence-corrected chi connectivity index (χ4v) is 5.89. The van der Waals surface area contributed by atoms with Crippen molar-refractivity contribution in [2.24, 2.45) is 5.92 Å². The van der Waals surface area contributed by atoms with Crippen molar-refractivity contribution in [2.45, 2.75) is 65.3 Å². The first-order chi connectivity index (χ1) is 15.1. The Morgan fingerprint density at radius 3 is 2.38 bits per heavy atom. The maximum Gasteiger partial charge on any atom is 0.243 e. The van der Waals surface area contributed by atoms with Gasteiger partial charge in [-0.25, -0.2) is 8.42 Å². The van der Waals surface area contributed by atoms with Crippen molar-refractivity contribution in [3.8, 4) is 0 Å². The highest BCUT2D eigenvalue weighted by molar-refractivity contribution is 7.89. The average Bonchev–Trinajstić information content (AvgIpc) is 2.71. The number of sulfonamides is 1. The number of nitrogens with zero attached hydrogens (tertiary/aromatic N) is 2. The van der Waals surface area contributed by atoms with Gasteiger partial charge in [0.15, 0.2) is 0 Å². The molecular weight excluding hydrogens is 430 g/mol. The number of ether oxygens (including phenoxy) is 1. The van der Waals surface area contributed by atoms with E-state index in [1.165, 1.54) is 4.31 Å². The molecule has 1 aromatic carbocycles. The maximum atomic E-state index is 13.0. The van der Waals surface area contributed by atoms with E-state index in [2.05, 4.69) is 5.32 Å². The Balaban J connectivity index is 1.64. The van der Waals surface area contributed by atoms with Crippen molar-refractivity contribution in [3.63, 3.8) is 0 Å². The first-order valence-corrected chi connectivity index (χ1v) is 12.9. The molecule has 3 rings (SSSR count). The van der Waals surface area contributed by atoms with Gasteiger partial charge in [-0.15, -0.1) is 0 Å². The molecular formula is C23H35N3O5S. The quantitative estimate of drug-likeness (QED) is 0.659. The van der Waals surface area contributed by atoms with E-state index < -0.39 is 16.1 Å². The lowest BCUT2D eigenvalue weighted by atomic mass is 9.92. The monoisotopic (exact) mass is 465 g/mol. The highest BCUT2D eigenvalue weighted by Crippen LogP contribution is 2.25. The van der Waals surface area contributed by atoms with E-state index >= 15 is 0 Å². The third-order valence-corrected chi connectivity index (χ3v) is 7.70. The topological polar surface area (TPSA) is 96.0 Å². The number of carbonyl (C=O) groups excluding carboxylic acids is 2. The molecule has 0 radical (unpaired) electrons. The number of rotatable bonds is 7. The summed E-state index contributed by atoms with van der Waals surface area (Å²) in [6, 6.07) is 7.18. The zero-order valence-electron chi connectivity index (χ0n) is 19.4. The van der Waals surface area contributed by atoms with Crippen molar-refractivity contribution < 1.29 is 22.7 Å². The molecule has 32 heavy (non-hydrogen) atoms. The Kier molecular flexibility index (Phi) is 7.95. The second-order valence-corrected chi connectivity index (χ2v) is 11.4. The van der Waals surface area contributed by atoms with E-state index in [0.717, 1.165) is 11.1 Å². The molecule has 2 heterocycles. The smallest absolute Gasteiger partial charge is 0.243 e. The summed E-state index contributed by atoms with van der Waals surface area (Å²) in [7, 11) is -3.51. The number of hydrogen-bond acceptors (Lipinski definition) is 5. The van der Waals surface area contributed by atoms with Crippen LogP contribution in [0.3, 0.4) is 0 Å². The van der Waals surface area contributed by atoms with Crippen LogP contribution in [0.15, 0.2) is 24.3 Å². The highest BCUT2D eigenvalue weighted by Gasteiger charge is 2.35. The average molecular weight is 466 g/mol. The molecule has 1 aromatic rings. The van der Waals surface area contributed by atoms with Gasteiger partial charge in [-0.2, -0.15) is 4.31 Å². The van der Waals surface area contributed by atoms with E-state index in [9.17, 15) is 18.0 Å². The molecule has 0 saturated carbocycles. The second kappa shape index (κ2) is 10.3. The van der Waals surface area contributed by atoms with Crippen molar-refractivity contribution >= 4 is 21.8 Å². The zero-order valence-corrected chi connectivity index (χ0v) is 20.2. The first-order valence-electron chi connectivity index (χ1n) is 11.3. The van der Waals surface area contributed by atoms with Gasteiger partial charge in [0.05, 0.1) is 18.0 Å². The molecule has 3 atom stereocenters. The van der Waals surface area contributed by atoms with Gasteiger partial charge in [0.2, 0.25) is 21.8 Å². The normalized spacial score (nSPS) is 24.3. The van der Waals surface area contributed by atoms with E-state index in [0.29, 0.717) is 32.5 Å². The van der Waals surface area contributed by atoms with Gasteiger partial charge in [-0.05, 0) is 30.9 Å². The minimum atomic E-state index is -3.51. The van der Waals surface area contributed by atoms with Crippen LogP contribution in [0, 0.1) is 5.92 Å². The molecule has 1 saturated heterocycles. The fraction of sp³-hybridized carbons (Fsp3) is 0.652. The summed E-state index contributed by atoms with van der Waals surface area (Å²) in [5.74, 6) is -0.359. The van der Waals surface area contributed by atoms with E-state index in [1.54, 1.807) is 4.90 Å². The van der Waals surface area contributed by atoms with Crippen LogP contribution in [-0.4, -0.2) is 73.1 Å². The number of benzene rings is 1. The van der Waals surface area contributed by atoms with Crippen molar-refractivity contribution in [2.75, 3.05) is 25.4 Å². The van der Waals surface area contributed by atoms with Gasteiger partial charge in [0, 0.05) is 39.0 Å². The maximum absolute atomic E-state index is 13.0. The fourth-order valence-electron chi connectivity index (χ4n) is 4.39. The van der Waals surface area contributed by atoms with Crippen LogP contribution in [0.4, 0.5) is 0 Å². The molecule has 2 aliphatic rings. The minimum Gasteiger partial charge on any atom is -0.373 e. The SMILES string of the molecule is CC(C)CC(=O)N1Cc2ccccc2CC1C(=O)NCCS(=O)(=O)N1CC(C)OC(C)C1.